The lowest BCUT2D eigenvalue weighted by Gasteiger charge is -2.12. The standard InChI is InChI=1S/C14H14F3N3O/c1-3-21-11-4-9(7-19-8-11)12-5-10(14(15,16)17)6-13(18-2)20-12/h4-8H,3H2,1-2H3,(H,18,20). The third kappa shape index (κ3) is 3.62. The summed E-state index contributed by atoms with van der Waals surface area (Å²) in [6.07, 6.45) is -1.49. The van der Waals surface area contributed by atoms with Crippen LogP contribution in [0.15, 0.2) is 30.6 Å². The zero-order chi connectivity index (χ0) is 15.5. The van der Waals surface area contributed by atoms with Crippen LogP contribution in [0.2, 0.25) is 0 Å². The van der Waals surface area contributed by atoms with Gasteiger partial charge in [0, 0.05) is 18.8 Å². The zero-order valence-corrected chi connectivity index (χ0v) is 11.5. The van der Waals surface area contributed by atoms with Crippen LogP contribution in [0.4, 0.5) is 19.0 Å². The van der Waals surface area contributed by atoms with Crippen molar-refractivity contribution in [1.82, 2.24) is 9.97 Å². The summed E-state index contributed by atoms with van der Waals surface area (Å²) in [5.74, 6) is 0.627. The fourth-order valence-corrected chi connectivity index (χ4v) is 1.77. The van der Waals surface area contributed by atoms with E-state index in [9.17, 15) is 13.2 Å². The highest BCUT2D eigenvalue weighted by Gasteiger charge is 2.31. The van der Waals surface area contributed by atoms with Crippen molar-refractivity contribution in [3.63, 3.8) is 0 Å². The number of anilines is 1. The fourth-order valence-electron chi connectivity index (χ4n) is 1.77. The number of alkyl halides is 3. The Morgan fingerprint density at radius 2 is 1.95 bits per heavy atom. The maximum absolute atomic E-state index is 12.9. The molecule has 0 aromatic carbocycles. The summed E-state index contributed by atoms with van der Waals surface area (Å²) in [6.45, 7) is 2.26. The number of hydrogen-bond donors (Lipinski definition) is 1. The van der Waals surface area contributed by atoms with Gasteiger partial charge < -0.3 is 10.1 Å². The number of ether oxygens (including phenoxy) is 1. The van der Waals surface area contributed by atoms with Gasteiger partial charge in [0.2, 0.25) is 0 Å². The molecule has 0 saturated carbocycles. The second-order valence-corrected chi connectivity index (χ2v) is 4.22. The lowest BCUT2D eigenvalue weighted by molar-refractivity contribution is -0.137. The van der Waals surface area contributed by atoms with Crippen LogP contribution < -0.4 is 10.1 Å². The minimum atomic E-state index is -4.44. The van der Waals surface area contributed by atoms with E-state index in [0.29, 0.717) is 17.9 Å². The van der Waals surface area contributed by atoms with Crippen LogP contribution in [0.5, 0.6) is 5.75 Å². The van der Waals surface area contributed by atoms with Gasteiger partial charge in [-0.25, -0.2) is 4.98 Å². The molecule has 0 aliphatic rings. The molecular weight excluding hydrogens is 283 g/mol. The van der Waals surface area contributed by atoms with Crippen molar-refractivity contribution >= 4 is 5.82 Å². The summed E-state index contributed by atoms with van der Waals surface area (Å²) in [6, 6.07) is 3.56. The minimum absolute atomic E-state index is 0.140. The van der Waals surface area contributed by atoms with E-state index in [1.807, 2.05) is 6.92 Å². The number of nitrogens with zero attached hydrogens (tertiary/aromatic N) is 2. The second kappa shape index (κ2) is 5.99. The van der Waals surface area contributed by atoms with Gasteiger partial charge in [0.05, 0.1) is 24.1 Å². The third-order valence-electron chi connectivity index (χ3n) is 2.73. The Kier molecular flexibility index (Phi) is 4.30. The average molecular weight is 297 g/mol. The summed E-state index contributed by atoms with van der Waals surface area (Å²) in [5.41, 5.74) is -0.120. The van der Waals surface area contributed by atoms with E-state index in [-0.39, 0.29) is 11.5 Å². The number of pyridine rings is 2. The Morgan fingerprint density at radius 1 is 1.19 bits per heavy atom. The molecule has 112 valence electrons. The van der Waals surface area contributed by atoms with E-state index >= 15 is 0 Å². The molecule has 0 saturated heterocycles. The van der Waals surface area contributed by atoms with Crippen LogP contribution in [0.25, 0.3) is 11.3 Å². The summed E-state index contributed by atoms with van der Waals surface area (Å²) < 4.78 is 44.0. The van der Waals surface area contributed by atoms with Crippen molar-refractivity contribution in [3.8, 4) is 17.0 Å². The van der Waals surface area contributed by atoms with Crippen molar-refractivity contribution < 1.29 is 17.9 Å². The van der Waals surface area contributed by atoms with Crippen LogP contribution in [0.1, 0.15) is 12.5 Å². The van der Waals surface area contributed by atoms with Gasteiger partial charge in [0.15, 0.2) is 0 Å². The van der Waals surface area contributed by atoms with Crippen molar-refractivity contribution in [1.29, 1.82) is 0 Å². The molecule has 0 spiro atoms. The highest BCUT2D eigenvalue weighted by Crippen LogP contribution is 2.33. The van der Waals surface area contributed by atoms with Gasteiger partial charge in [-0.2, -0.15) is 13.2 Å². The van der Waals surface area contributed by atoms with Crippen molar-refractivity contribution in [2.75, 3.05) is 19.0 Å². The first-order chi connectivity index (χ1) is 9.94. The molecule has 21 heavy (non-hydrogen) atoms. The molecular formula is C14H14F3N3O. The predicted octanol–water partition coefficient (Wildman–Crippen LogP) is 3.60. The molecule has 0 unspecified atom stereocenters. The van der Waals surface area contributed by atoms with Crippen LogP contribution >= 0.6 is 0 Å². The van der Waals surface area contributed by atoms with E-state index in [2.05, 4.69) is 15.3 Å². The SMILES string of the molecule is CCOc1cncc(-c2cc(C(F)(F)F)cc(NC)n2)c1. The van der Waals surface area contributed by atoms with Crippen LogP contribution in [0, 0.1) is 0 Å². The molecule has 0 bridgehead atoms. The van der Waals surface area contributed by atoms with Gasteiger partial charge in [-0.3, -0.25) is 4.98 Å². The van der Waals surface area contributed by atoms with Gasteiger partial charge in [-0.05, 0) is 25.1 Å². The molecule has 7 heteroatoms. The molecule has 0 aliphatic carbocycles. The van der Waals surface area contributed by atoms with E-state index < -0.39 is 11.7 Å². The molecule has 2 heterocycles. The summed E-state index contributed by atoms with van der Waals surface area (Å²) in [5, 5.41) is 2.63. The normalized spacial score (nSPS) is 11.3. The monoisotopic (exact) mass is 297 g/mol. The van der Waals surface area contributed by atoms with E-state index in [1.54, 1.807) is 6.07 Å². The first-order valence-electron chi connectivity index (χ1n) is 6.29. The largest absolute Gasteiger partial charge is 0.492 e. The highest BCUT2D eigenvalue weighted by molar-refractivity contribution is 5.63. The molecule has 1 N–H and O–H groups in total. The topological polar surface area (TPSA) is 47.0 Å². The summed E-state index contributed by atoms with van der Waals surface area (Å²) in [7, 11) is 1.52. The quantitative estimate of drug-likeness (QED) is 0.936. The molecule has 0 atom stereocenters. The van der Waals surface area contributed by atoms with Crippen LogP contribution in [-0.2, 0) is 6.18 Å². The van der Waals surface area contributed by atoms with Gasteiger partial charge in [0.25, 0.3) is 0 Å². The number of halogens is 3. The minimum Gasteiger partial charge on any atom is -0.492 e. The van der Waals surface area contributed by atoms with Crippen LogP contribution in [-0.4, -0.2) is 23.6 Å². The Balaban J connectivity index is 2.50. The Morgan fingerprint density at radius 3 is 2.57 bits per heavy atom. The Bertz CT molecular complexity index is 629. The van der Waals surface area contributed by atoms with Gasteiger partial charge in [0.1, 0.15) is 11.6 Å². The molecule has 0 aliphatic heterocycles. The van der Waals surface area contributed by atoms with E-state index in [1.165, 1.54) is 19.4 Å². The molecule has 0 fully saturated rings. The molecule has 4 nitrogen and oxygen atoms in total. The number of nitrogens with one attached hydrogen (secondary N) is 1. The maximum atomic E-state index is 12.9. The lowest BCUT2D eigenvalue weighted by Crippen LogP contribution is -2.07. The fraction of sp³-hybridized carbons (Fsp3) is 0.286. The molecule has 0 radical (unpaired) electrons. The van der Waals surface area contributed by atoms with E-state index in [0.717, 1.165) is 12.1 Å². The van der Waals surface area contributed by atoms with Crippen LogP contribution in [0.3, 0.4) is 0 Å². The molecule has 2 aromatic rings. The first-order valence-corrected chi connectivity index (χ1v) is 6.29. The number of hydrogen-bond acceptors (Lipinski definition) is 4. The smallest absolute Gasteiger partial charge is 0.416 e. The lowest BCUT2D eigenvalue weighted by atomic mass is 10.1. The van der Waals surface area contributed by atoms with Gasteiger partial charge in [-0.1, -0.05) is 0 Å². The molecule has 2 rings (SSSR count). The van der Waals surface area contributed by atoms with Crippen molar-refractivity contribution in [2.45, 2.75) is 13.1 Å². The number of rotatable bonds is 4. The van der Waals surface area contributed by atoms with Gasteiger partial charge in [-0.15, -0.1) is 0 Å². The molecule has 2 aromatic heterocycles. The number of aromatic nitrogens is 2. The summed E-state index contributed by atoms with van der Waals surface area (Å²) in [4.78, 5) is 8.09. The predicted molar refractivity (Wildman–Crippen MR) is 73.2 cm³/mol. The Hall–Kier alpha value is -2.31. The maximum Gasteiger partial charge on any atom is 0.416 e. The Labute approximate surface area is 120 Å². The van der Waals surface area contributed by atoms with Crippen molar-refractivity contribution in [2.24, 2.45) is 0 Å². The summed E-state index contributed by atoms with van der Waals surface area (Å²) >= 11 is 0. The van der Waals surface area contributed by atoms with Crippen molar-refractivity contribution in [3.05, 3.63) is 36.2 Å². The van der Waals surface area contributed by atoms with Gasteiger partial charge >= 0.3 is 6.18 Å². The first kappa shape index (κ1) is 15.1. The molecule has 0 amide bonds. The van der Waals surface area contributed by atoms with E-state index in [4.69, 9.17) is 4.74 Å². The zero-order valence-electron chi connectivity index (χ0n) is 11.5. The third-order valence-corrected chi connectivity index (χ3v) is 2.73. The average Bonchev–Trinajstić information content (AvgIpc) is 2.46. The second-order valence-electron chi connectivity index (χ2n) is 4.22. The highest BCUT2D eigenvalue weighted by atomic mass is 19.4.